The van der Waals surface area contributed by atoms with Gasteiger partial charge in [-0.05, 0) is 41.5 Å². The standard InChI is InChI=1S/C33H29N5O5/c34-31(35)23-11-13-24(14-12-23)32(42)36-25-15-16-27-26(19-25)33(43)37(18-17-29(40)41)20-28(39)38(27)30(21-7-3-1-4-8-21)22-9-5-2-6-10-22/h1-16,19,30H,17-18,20H2,(H3,34,35)(H,36,42)(H,40,41). The number of hydrogen-bond donors (Lipinski definition) is 4. The number of amides is 3. The van der Waals surface area contributed by atoms with Crippen LogP contribution >= 0.6 is 0 Å². The first-order valence-corrected chi connectivity index (χ1v) is 13.6. The number of nitrogen functional groups attached to an aromatic ring is 1. The molecule has 4 aromatic carbocycles. The number of hydrogen-bond acceptors (Lipinski definition) is 5. The molecule has 0 aromatic heterocycles. The van der Waals surface area contributed by atoms with Gasteiger partial charge in [-0.1, -0.05) is 72.8 Å². The molecule has 1 heterocycles. The second-order valence-electron chi connectivity index (χ2n) is 10.0. The molecule has 216 valence electrons. The van der Waals surface area contributed by atoms with E-state index in [2.05, 4.69) is 5.32 Å². The average Bonchev–Trinajstić information content (AvgIpc) is 3.11. The van der Waals surface area contributed by atoms with Gasteiger partial charge < -0.3 is 21.1 Å². The fourth-order valence-electron chi connectivity index (χ4n) is 5.07. The molecule has 0 fully saturated rings. The summed E-state index contributed by atoms with van der Waals surface area (Å²) in [6.45, 7) is -0.477. The van der Waals surface area contributed by atoms with Crippen LogP contribution in [0.5, 0.6) is 0 Å². The van der Waals surface area contributed by atoms with Gasteiger partial charge in [-0.2, -0.15) is 0 Å². The van der Waals surface area contributed by atoms with Crippen molar-refractivity contribution in [2.24, 2.45) is 5.73 Å². The van der Waals surface area contributed by atoms with Crippen LogP contribution < -0.4 is 16.0 Å². The summed E-state index contributed by atoms with van der Waals surface area (Å²) in [5.41, 5.74) is 8.76. The number of amidine groups is 1. The second kappa shape index (κ2) is 12.4. The van der Waals surface area contributed by atoms with Gasteiger partial charge in [0.05, 0.1) is 23.7 Å². The minimum absolute atomic E-state index is 0.118. The van der Waals surface area contributed by atoms with E-state index in [1.165, 1.54) is 11.0 Å². The Morgan fingerprint density at radius 3 is 2.00 bits per heavy atom. The lowest BCUT2D eigenvalue weighted by molar-refractivity contribution is -0.137. The zero-order chi connectivity index (χ0) is 30.5. The van der Waals surface area contributed by atoms with Crippen LogP contribution in [-0.4, -0.2) is 52.6 Å². The third-order valence-corrected chi connectivity index (χ3v) is 7.17. The summed E-state index contributed by atoms with van der Waals surface area (Å²) in [5, 5.41) is 19.6. The maximum absolute atomic E-state index is 14.0. The summed E-state index contributed by atoms with van der Waals surface area (Å²) >= 11 is 0. The van der Waals surface area contributed by atoms with E-state index in [4.69, 9.17) is 11.1 Å². The highest BCUT2D eigenvalue weighted by atomic mass is 16.4. The van der Waals surface area contributed by atoms with Gasteiger partial charge in [0.2, 0.25) is 5.91 Å². The van der Waals surface area contributed by atoms with Crippen molar-refractivity contribution in [1.82, 2.24) is 4.90 Å². The van der Waals surface area contributed by atoms with E-state index in [9.17, 15) is 24.3 Å². The molecule has 0 unspecified atom stereocenters. The van der Waals surface area contributed by atoms with Crippen LogP contribution in [0.1, 0.15) is 49.9 Å². The third-order valence-electron chi connectivity index (χ3n) is 7.17. The molecular weight excluding hydrogens is 546 g/mol. The Bertz CT molecular complexity index is 1650. The van der Waals surface area contributed by atoms with Crippen LogP contribution in [0.3, 0.4) is 0 Å². The van der Waals surface area contributed by atoms with Crippen LogP contribution in [0.2, 0.25) is 0 Å². The summed E-state index contributed by atoms with van der Waals surface area (Å²) in [5.74, 6) is -2.55. The number of fused-ring (bicyclic) bond motifs is 1. The molecule has 43 heavy (non-hydrogen) atoms. The predicted molar refractivity (Wildman–Crippen MR) is 162 cm³/mol. The molecular formula is C33H29N5O5. The molecule has 10 nitrogen and oxygen atoms in total. The molecule has 0 radical (unpaired) electrons. The Labute approximate surface area is 247 Å². The number of rotatable bonds is 9. The summed E-state index contributed by atoms with van der Waals surface area (Å²) in [7, 11) is 0. The largest absolute Gasteiger partial charge is 0.481 e. The Morgan fingerprint density at radius 2 is 1.44 bits per heavy atom. The minimum Gasteiger partial charge on any atom is -0.481 e. The van der Waals surface area contributed by atoms with Gasteiger partial charge in [-0.3, -0.25) is 29.5 Å². The highest BCUT2D eigenvalue weighted by Crippen LogP contribution is 2.38. The number of benzene rings is 4. The first-order valence-electron chi connectivity index (χ1n) is 13.6. The summed E-state index contributed by atoms with van der Waals surface area (Å²) in [4.78, 5) is 55.0. The molecule has 0 saturated carbocycles. The Morgan fingerprint density at radius 1 is 0.860 bits per heavy atom. The molecule has 1 aliphatic heterocycles. The number of carbonyl (C=O) groups excluding carboxylic acids is 3. The molecule has 0 aliphatic carbocycles. The topological polar surface area (TPSA) is 157 Å². The average molecular weight is 576 g/mol. The molecule has 0 bridgehead atoms. The van der Waals surface area contributed by atoms with Crippen molar-refractivity contribution in [3.8, 4) is 0 Å². The van der Waals surface area contributed by atoms with Crippen molar-refractivity contribution in [2.45, 2.75) is 12.5 Å². The normalized spacial score (nSPS) is 13.0. The van der Waals surface area contributed by atoms with E-state index in [0.717, 1.165) is 11.1 Å². The van der Waals surface area contributed by atoms with Crippen LogP contribution in [-0.2, 0) is 9.59 Å². The van der Waals surface area contributed by atoms with Crippen molar-refractivity contribution in [3.63, 3.8) is 0 Å². The van der Waals surface area contributed by atoms with Crippen molar-refractivity contribution >= 4 is 40.9 Å². The fraction of sp³-hybridized carbons (Fsp3) is 0.121. The van der Waals surface area contributed by atoms with Crippen molar-refractivity contribution in [3.05, 3.63) is 131 Å². The van der Waals surface area contributed by atoms with Crippen LogP contribution in [0.25, 0.3) is 0 Å². The van der Waals surface area contributed by atoms with Gasteiger partial charge in [0.25, 0.3) is 11.8 Å². The Hall–Kier alpha value is -5.77. The molecule has 1 aliphatic rings. The predicted octanol–water partition coefficient (Wildman–Crippen LogP) is 4.28. The lowest BCUT2D eigenvalue weighted by Gasteiger charge is -2.33. The molecule has 5 N–H and O–H groups in total. The maximum atomic E-state index is 14.0. The molecule has 0 saturated heterocycles. The highest BCUT2D eigenvalue weighted by Gasteiger charge is 2.37. The molecule has 3 amide bonds. The van der Waals surface area contributed by atoms with Crippen molar-refractivity contribution in [1.29, 1.82) is 5.41 Å². The zero-order valence-corrected chi connectivity index (χ0v) is 23.1. The van der Waals surface area contributed by atoms with Gasteiger partial charge in [-0.25, -0.2) is 0 Å². The zero-order valence-electron chi connectivity index (χ0n) is 23.1. The maximum Gasteiger partial charge on any atom is 0.305 e. The van der Waals surface area contributed by atoms with E-state index in [-0.39, 0.29) is 36.8 Å². The van der Waals surface area contributed by atoms with Gasteiger partial charge in [-0.15, -0.1) is 0 Å². The number of carboxylic acids is 1. The first-order chi connectivity index (χ1) is 20.7. The Kier molecular flexibility index (Phi) is 8.29. The quantitative estimate of drug-likeness (QED) is 0.172. The smallest absolute Gasteiger partial charge is 0.305 e. The van der Waals surface area contributed by atoms with E-state index >= 15 is 0 Å². The highest BCUT2D eigenvalue weighted by molar-refractivity contribution is 6.12. The number of nitrogens with zero attached hydrogens (tertiary/aromatic N) is 2. The van der Waals surface area contributed by atoms with Gasteiger partial charge in [0, 0.05) is 23.4 Å². The number of nitrogens with one attached hydrogen (secondary N) is 2. The SMILES string of the molecule is N=C(N)c1ccc(C(=O)Nc2ccc3c(c2)C(=O)N(CCC(=O)O)CC(=O)N3C(c2ccccc2)c2ccccc2)cc1. The van der Waals surface area contributed by atoms with Crippen molar-refractivity contribution < 1.29 is 24.3 Å². The number of aliphatic carboxylic acids is 1. The number of nitrogens with two attached hydrogens (primary N) is 1. The van der Waals surface area contributed by atoms with Crippen LogP contribution in [0, 0.1) is 5.41 Å². The molecule has 5 rings (SSSR count). The second-order valence-corrected chi connectivity index (χ2v) is 10.0. The summed E-state index contributed by atoms with van der Waals surface area (Å²) in [6.07, 6.45) is -0.332. The Balaban J connectivity index is 1.58. The van der Waals surface area contributed by atoms with E-state index in [0.29, 0.717) is 22.5 Å². The summed E-state index contributed by atoms with van der Waals surface area (Å²) in [6, 6.07) is 29.3. The minimum atomic E-state index is -1.09. The van der Waals surface area contributed by atoms with Gasteiger partial charge >= 0.3 is 5.97 Å². The monoisotopic (exact) mass is 575 g/mol. The van der Waals surface area contributed by atoms with E-state index in [1.54, 1.807) is 41.3 Å². The van der Waals surface area contributed by atoms with Crippen LogP contribution in [0.4, 0.5) is 11.4 Å². The molecule has 10 heteroatoms. The fourth-order valence-corrected chi connectivity index (χ4v) is 5.07. The molecule has 0 atom stereocenters. The van der Waals surface area contributed by atoms with E-state index < -0.39 is 23.8 Å². The molecule has 4 aromatic rings. The lowest BCUT2D eigenvalue weighted by Crippen LogP contribution is -2.42. The van der Waals surface area contributed by atoms with Crippen molar-refractivity contribution in [2.75, 3.05) is 23.3 Å². The first kappa shape index (κ1) is 28.7. The number of carboxylic acid groups (broad SMARTS) is 1. The lowest BCUT2D eigenvalue weighted by atomic mass is 9.95. The van der Waals surface area contributed by atoms with E-state index in [1.807, 2.05) is 60.7 Å². The number of carbonyl (C=O) groups is 4. The van der Waals surface area contributed by atoms with Crippen LogP contribution in [0.15, 0.2) is 103 Å². The van der Waals surface area contributed by atoms with Gasteiger partial charge in [0.1, 0.15) is 12.4 Å². The van der Waals surface area contributed by atoms with Gasteiger partial charge in [0.15, 0.2) is 0 Å². The summed E-state index contributed by atoms with van der Waals surface area (Å²) < 4.78 is 0. The number of anilines is 2. The third kappa shape index (κ3) is 6.28. The molecule has 0 spiro atoms.